The first-order valence-corrected chi connectivity index (χ1v) is 6.24. The van der Waals surface area contributed by atoms with Crippen LogP contribution in [0.3, 0.4) is 0 Å². The first-order valence-electron chi connectivity index (χ1n) is 6.24. The van der Waals surface area contributed by atoms with Gasteiger partial charge in [0.1, 0.15) is 12.1 Å². The van der Waals surface area contributed by atoms with E-state index in [1.165, 1.54) is 6.33 Å². The molecule has 0 atom stereocenters. The van der Waals surface area contributed by atoms with Crippen LogP contribution in [-0.4, -0.2) is 47.7 Å². The lowest BCUT2D eigenvalue weighted by atomic mass is 10.0. The van der Waals surface area contributed by atoms with Gasteiger partial charge in [-0.1, -0.05) is 0 Å². The van der Waals surface area contributed by atoms with E-state index in [2.05, 4.69) is 48.1 Å². The highest BCUT2D eigenvalue weighted by Crippen LogP contribution is 2.21. The van der Waals surface area contributed by atoms with E-state index in [1.807, 2.05) is 13.8 Å². The Morgan fingerprint density at radius 3 is 2.56 bits per heavy atom. The summed E-state index contributed by atoms with van der Waals surface area (Å²) < 4.78 is 5.46. The Morgan fingerprint density at radius 1 is 1.33 bits per heavy atom. The maximum atomic E-state index is 5.46. The lowest BCUT2D eigenvalue weighted by Gasteiger charge is -2.33. The Morgan fingerprint density at radius 2 is 2.00 bits per heavy atom. The maximum Gasteiger partial charge on any atom is 0.221 e. The van der Waals surface area contributed by atoms with Gasteiger partial charge in [-0.25, -0.2) is 9.97 Å². The smallest absolute Gasteiger partial charge is 0.221 e. The van der Waals surface area contributed by atoms with Crippen molar-refractivity contribution in [2.45, 2.75) is 33.2 Å². The summed E-state index contributed by atoms with van der Waals surface area (Å²) in [6.45, 7) is 9.70. The summed E-state index contributed by atoms with van der Waals surface area (Å²) in [5.41, 5.74) is 1.01. The van der Waals surface area contributed by atoms with Crippen LogP contribution in [0.25, 0.3) is 0 Å². The zero-order valence-corrected chi connectivity index (χ0v) is 12.2. The van der Waals surface area contributed by atoms with Gasteiger partial charge in [0.25, 0.3) is 0 Å². The summed E-state index contributed by atoms with van der Waals surface area (Å²) in [5.74, 6) is 1.49. The highest BCUT2D eigenvalue weighted by atomic mass is 16.5. The maximum absolute atomic E-state index is 5.46. The number of ether oxygens (including phenoxy) is 1. The van der Waals surface area contributed by atoms with Gasteiger partial charge < -0.3 is 15.0 Å². The lowest BCUT2D eigenvalue weighted by Crippen LogP contribution is -2.44. The molecule has 0 amide bonds. The molecule has 0 aliphatic carbocycles. The summed E-state index contributed by atoms with van der Waals surface area (Å²) in [7, 11) is 4.14. The lowest BCUT2D eigenvalue weighted by molar-refractivity contribution is 0.210. The number of likely N-dealkylation sites (N-methyl/N-ethyl adjacent to an activating group) is 1. The first-order chi connectivity index (χ1) is 8.38. The summed E-state index contributed by atoms with van der Waals surface area (Å²) in [6.07, 6.45) is 1.53. The number of nitrogens with zero attached hydrogens (tertiary/aromatic N) is 3. The highest BCUT2D eigenvalue weighted by molar-refractivity contribution is 5.47. The standard InChI is InChI=1S/C13H24N4O/c1-7-18-12-10(2)11(15-9-16-12)14-8-13(3,4)17(5)6/h9H,7-8H2,1-6H3,(H,14,15,16). The fraction of sp³-hybridized carbons (Fsp3) is 0.692. The van der Waals surface area contributed by atoms with Crippen molar-refractivity contribution in [3.63, 3.8) is 0 Å². The van der Waals surface area contributed by atoms with E-state index < -0.39 is 0 Å². The quantitative estimate of drug-likeness (QED) is 0.838. The van der Waals surface area contributed by atoms with E-state index in [0.29, 0.717) is 12.5 Å². The first kappa shape index (κ1) is 14.7. The molecule has 0 aliphatic heterocycles. The van der Waals surface area contributed by atoms with E-state index in [9.17, 15) is 0 Å². The Bertz CT molecular complexity index is 391. The van der Waals surface area contributed by atoms with E-state index >= 15 is 0 Å². The van der Waals surface area contributed by atoms with Crippen LogP contribution < -0.4 is 10.1 Å². The van der Waals surface area contributed by atoms with Gasteiger partial charge in [0, 0.05) is 12.1 Å². The monoisotopic (exact) mass is 252 g/mol. The molecule has 0 spiro atoms. The second kappa shape index (κ2) is 6.00. The minimum atomic E-state index is 0.0587. The third-order valence-corrected chi connectivity index (χ3v) is 3.22. The summed E-state index contributed by atoms with van der Waals surface area (Å²) in [4.78, 5) is 10.6. The molecular formula is C13H24N4O. The van der Waals surface area contributed by atoms with Crippen LogP contribution in [0.5, 0.6) is 5.88 Å². The molecule has 1 rings (SSSR count). The van der Waals surface area contributed by atoms with Gasteiger partial charge in [-0.15, -0.1) is 0 Å². The van der Waals surface area contributed by atoms with Gasteiger partial charge in [-0.05, 0) is 41.8 Å². The number of rotatable bonds is 6. The Labute approximate surface area is 110 Å². The zero-order chi connectivity index (χ0) is 13.8. The molecular weight excluding hydrogens is 228 g/mol. The Hall–Kier alpha value is -1.36. The van der Waals surface area contributed by atoms with Crippen LogP contribution in [0.1, 0.15) is 26.3 Å². The minimum Gasteiger partial charge on any atom is -0.478 e. The van der Waals surface area contributed by atoms with Gasteiger partial charge in [0.2, 0.25) is 5.88 Å². The fourth-order valence-corrected chi connectivity index (χ4v) is 1.35. The number of hydrogen-bond acceptors (Lipinski definition) is 5. The molecule has 0 saturated carbocycles. The molecule has 0 radical (unpaired) electrons. The predicted octanol–water partition coefficient (Wildman–Crippen LogP) is 1.94. The van der Waals surface area contributed by atoms with Crippen molar-refractivity contribution >= 4 is 5.82 Å². The predicted molar refractivity (Wildman–Crippen MR) is 74.2 cm³/mol. The topological polar surface area (TPSA) is 50.3 Å². The van der Waals surface area contributed by atoms with Crippen LogP contribution in [0.4, 0.5) is 5.82 Å². The number of anilines is 1. The van der Waals surface area contributed by atoms with Crippen molar-refractivity contribution in [3.8, 4) is 5.88 Å². The van der Waals surface area contributed by atoms with Crippen LogP contribution >= 0.6 is 0 Å². The molecule has 1 N–H and O–H groups in total. The van der Waals surface area contributed by atoms with Gasteiger partial charge >= 0.3 is 0 Å². The summed E-state index contributed by atoms with van der Waals surface area (Å²) in [5, 5.41) is 3.36. The molecule has 0 bridgehead atoms. The van der Waals surface area contributed by atoms with Crippen molar-refractivity contribution in [3.05, 3.63) is 11.9 Å². The summed E-state index contributed by atoms with van der Waals surface area (Å²) >= 11 is 0. The molecule has 0 saturated heterocycles. The largest absolute Gasteiger partial charge is 0.478 e. The molecule has 5 heteroatoms. The molecule has 0 fully saturated rings. The van der Waals surface area contributed by atoms with E-state index in [0.717, 1.165) is 17.9 Å². The molecule has 18 heavy (non-hydrogen) atoms. The molecule has 102 valence electrons. The van der Waals surface area contributed by atoms with Gasteiger partial charge in [0.05, 0.1) is 12.2 Å². The number of hydrogen-bond donors (Lipinski definition) is 1. The molecule has 0 aliphatic rings. The van der Waals surface area contributed by atoms with Crippen molar-refractivity contribution < 1.29 is 4.74 Å². The molecule has 0 aromatic carbocycles. The molecule has 1 heterocycles. The molecule has 0 unspecified atom stereocenters. The normalized spacial score (nSPS) is 11.7. The summed E-state index contributed by atoms with van der Waals surface area (Å²) in [6, 6.07) is 0. The Kier molecular flexibility index (Phi) is 4.90. The number of nitrogens with one attached hydrogen (secondary N) is 1. The SMILES string of the molecule is CCOc1ncnc(NCC(C)(C)N(C)C)c1C. The van der Waals surface area contributed by atoms with Gasteiger partial charge in [-0.3, -0.25) is 0 Å². The number of aromatic nitrogens is 2. The van der Waals surface area contributed by atoms with E-state index in [1.54, 1.807) is 0 Å². The van der Waals surface area contributed by atoms with Crippen molar-refractivity contribution in [1.82, 2.24) is 14.9 Å². The van der Waals surface area contributed by atoms with Crippen LogP contribution in [0, 0.1) is 6.92 Å². The average molecular weight is 252 g/mol. The second-order valence-electron chi connectivity index (χ2n) is 5.15. The fourth-order valence-electron chi connectivity index (χ4n) is 1.35. The van der Waals surface area contributed by atoms with Crippen molar-refractivity contribution in [2.75, 3.05) is 32.6 Å². The van der Waals surface area contributed by atoms with Crippen LogP contribution in [0.2, 0.25) is 0 Å². The molecule has 5 nitrogen and oxygen atoms in total. The van der Waals surface area contributed by atoms with Gasteiger partial charge in [0.15, 0.2) is 0 Å². The molecule has 1 aromatic rings. The van der Waals surface area contributed by atoms with Crippen LogP contribution in [0.15, 0.2) is 6.33 Å². The zero-order valence-electron chi connectivity index (χ0n) is 12.2. The van der Waals surface area contributed by atoms with E-state index in [-0.39, 0.29) is 5.54 Å². The average Bonchev–Trinajstić information content (AvgIpc) is 2.30. The van der Waals surface area contributed by atoms with Crippen LogP contribution in [-0.2, 0) is 0 Å². The Balaban J connectivity index is 2.77. The van der Waals surface area contributed by atoms with E-state index in [4.69, 9.17) is 4.74 Å². The molecule has 1 aromatic heterocycles. The van der Waals surface area contributed by atoms with Gasteiger partial charge in [-0.2, -0.15) is 0 Å². The van der Waals surface area contributed by atoms with Crippen molar-refractivity contribution in [1.29, 1.82) is 0 Å². The highest BCUT2D eigenvalue weighted by Gasteiger charge is 2.20. The third-order valence-electron chi connectivity index (χ3n) is 3.22. The minimum absolute atomic E-state index is 0.0587. The van der Waals surface area contributed by atoms with Crippen molar-refractivity contribution in [2.24, 2.45) is 0 Å². The second-order valence-corrected chi connectivity index (χ2v) is 5.15. The third kappa shape index (κ3) is 3.57.